The standard InChI is InChI=1S/C9H11BrClNO/c1-12-8(5-13)6-3-2-4-7(10)9(6)11/h2-4,8,12-13H,5H2,1H3. The van der Waals surface area contributed by atoms with E-state index in [0.717, 1.165) is 10.0 Å². The SMILES string of the molecule is CNC(CO)c1cccc(Br)c1Cl. The van der Waals surface area contributed by atoms with Gasteiger partial charge < -0.3 is 10.4 Å². The highest BCUT2D eigenvalue weighted by atomic mass is 79.9. The molecule has 1 aromatic carbocycles. The highest BCUT2D eigenvalue weighted by molar-refractivity contribution is 9.10. The molecule has 1 atom stereocenters. The van der Waals surface area contributed by atoms with E-state index in [2.05, 4.69) is 21.2 Å². The molecule has 1 rings (SSSR count). The number of halogens is 2. The summed E-state index contributed by atoms with van der Waals surface area (Å²) in [6, 6.07) is 5.55. The zero-order chi connectivity index (χ0) is 9.84. The van der Waals surface area contributed by atoms with E-state index in [9.17, 15) is 0 Å². The van der Waals surface area contributed by atoms with Crippen LogP contribution in [0.4, 0.5) is 0 Å². The molecule has 4 heteroatoms. The number of hydrogen-bond donors (Lipinski definition) is 2. The molecule has 0 aliphatic rings. The highest BCUT2D eigenvalue weighted by Crippen LogP contribution is 2.29. The molecule has 2 N–H and O–H groups in total. The van der Waals surface area contributed by atoms with Crippen molar-refractivity contribution in [1.29, 1.82) is 0 Å². The molecule has 0 aromatic heterocycles. The van der Waals surface area contributed by atoms with Gasteiger partial charge in [-0.3, -0.25) is 0 Å². The van der Waals surface area contributed by atoms with Crippen LogP contribution in [0.15, 0.2) is 22.7 Å². The van der Waals surface area contributed by atoms with E-state index < -0.39 is 0 Å². The van der Waals surface area contributed by atoms with Gasteiger partial charge in [0.05, 0.1) is 17.7 Å². The van der Waals surface area contributed by atoms with Gasteiger partial charge >= 0.3 is 0 Å². The Morgan fingerprint density at radius 2 is 2.31 bits per heavy atom. The third kappa shape index (κ3) is 2.44. The number of hydrogen-bond acceptors (Lipinski definition) is 2. The van der Waals surface area contributed by atoms with E-state index in [1.165, 1.54) is 0 Å². The van der Waals surface area contributed by atoms with Crippen LogP contribution in [0, 0.1) is 0 Å². The molecular weight excluding hydrogens is 253 g/mol. The lowest BCUT2D eigenvalue weighted by atomic mass is 10.1. The van der Waals surface area contributed by atoms with Gasteiger partial charge in [0, 0.05) is 4.47 Å². The Morgan fingerprint density at radius 3 is 2.85 bits per heavy atom. The number of rotatable bonds is 3. The second kappa shape index (κ2) is 4.96. The fraction of sp³-hybridized carbons (Fsp3) is 0.333. The Balaban J connectivity index is 3.05. The number of aliphatic hydroxyl groups excluding tert-OH is 1. The van der Waals surface area contributed by atoms with Gasteiger partial charge in [-0.2, -0.15) is 0 Å². The van der Waals surface area contributed by atoms with Crippen molar-refractivity contribution in [3.05, 3.63) is 33.3 Å². The zero-order valence-corrected chi connectivity index (χ0v) is 9.56. The second-order valence-corrected chi connectivity index (χ2v) is 3.90. The molecule has 0 heterocycles. The topological polar surface area (TPSA) is 32.3 Å². The van der Waals surface area contributed by atoms with Crippen LogP contribution in [-0.4, -0.2) is 18.8 Å². The molecule has 1 aromatic rings. The summed E-state index contributed by atoms with van der Waals surface area (Å²) in [4.78, 5) is 0. The van der Waals surface area contributed by atoms with Crippen LogP contribution in [0.1, 0.15) is 11.6 Å². The number of nitrogens with one attached hydrogen (secondary N) is 1. The Hall–Kier alpha value is -0.0900. The molecule has 0 spiro atoms. The zero-order valence-electron chi connectivity index (χ0n) is 7.22. The molecule has 2 nitrogen and oxygen atoms in total. The first-order valence-corrected chi connectivity index (χ1v) is 5.09. The van der Waals surface area contributed by atoms with Gasteiger partial charge in [0.15, 0.2) is 0 Å². The maximum absolute atomic E-state index is 9.06. The lowest BCUT2D eigenvalue weighted by Gasteiger charge is -2.15. The Morgan fingerprint density at radius 1 is 1.62 bits per heavy atom. The Labute approximate surface area is 91.0 Å². The highest BCUT2D eigenvalue weighted by Gasteiger charge is 2.12. The van der Waals surface area contributed by atoms with Crippen molar-refractivity contribution in [3.8, 4) is 0 Å². The maximum atomic E-state index is 9.06. The van der Waals surface area contributed by atoms with E-state index in [0.29, 0.717) is 5.02 Å². The summed E-state index contributed by atoms with van der Waals surface area (Å²) in [5, 5.41) is 12.7. The number of aliphatic hydroxyl groups is 1. The predicted molar refractivity (Wildman–Crippen MR) is 58.0 cm³/mol. The first-order chi connectivity index (χ1) is 6.20. The summed E-state index contributed by atoms with van der Waals surface area (Å²) in [7, 11) is 1.79. The van der Waals surface area contributed by atoms with E-state index in [1.54, 1.807) is 7.05 Å². The van der Waals surface area contributed by atoms with Crippen molar-refractivity contribution < 1.29 is 5.11 Å². The first kappa shape index (κ1) is 11.0. The summed E-state index contributed by atoms with van der Waals surface area (Å²) in [5.41, 5.74) is 0.904. The van der Waals surface area contributed by atoms with Crippen molar-refractivity contribution >= 4 is 27.5 Å². The van der Waals surface area contributed by atoms with Crippen LogP contribution in [0.5, 0.6) is 0 Å². The normalized spacial score (nSPS) is 12.9. The first-order valence-electron chi connectivity index (χ1n) is 3.92. The smallest absolute Gasteiger partial charge is 0.0626 e. The predicted octanol–water partition coefficient (Wildman–Crippen LogP) is 2.36. The van der Waals surface area contributed by atoms with Gasteiger partial charge in [-0.1, -0.05) is 23.7 Å². The largest absolute Gasteiger partial charge is 0.394 e. The average Bonchev–Trinajstić information content (AvgIpc) is 2.14. The molecule has 0 aliphatic heterocycles. The minimum atomic E-state index is -0.106. The molecular formula is C9H11BrClNO. The van der Waals surface area contributed by atoms with Gasteiger partial charge in [0.2, 0.25) is 0 Å². The van der Waals surface area contributed by atoms with Crippen LogP contribution >= 0.6 is 27.5 Å². The van der Waals surface area contributed by atoms with E-state index in [1.807, 2.05) is 18.2 Å². The summed E-state index contributed by atoms with van der Waals surface area (Å²) >= 11 is 9.38. The molecule has 0 saturated heterocycles. The van der Waals surface area contributed by atoms with E-state index in [-0.39, 0.29) is 12.6 Å². The molecule has 0 saturated carbocycles. The van der Waals surface area contributed by atoms with Gasteiger partial charge in [-0.15, -0.1) is 0 Å². The van der Waals surface area contributed by atoms with E-state index >= 15 is 0 Å². The average molecular weight is 265 g/mol. The monoisotopic (exact) mass is 263 g/mol. The fourth-order valence-electron chi connectivity index (χ4n) is 1.13. The summed E-state index contributed by atoms with van der Waals surface area (Å²) in [6.07, 6.45) is 0. The van der Waals surface area contributed by atoms with Crippen molar-refractivity contribution in [1.82, 2.24) is 5.32 Å². The lowest BCUT2D eigenvalue weighted by Crippen LogP contribution is -2.20. The van der Waals surface area contributed by atoms with Crippen molar-refractivity contribution in [2.75, 3.05) is 13.7 Å². The minimum Gasteiger partial charge on any atom is -0.394 e. The summed E-state index contributed by atoms with van der Waals surface area (Å²) < 4.78 is 0.848. The molecule has 0 radical (unpaired) electrons. The lowest BCUT2D eigenvalue weighted by molar-refractivity contribution is 0.251. The molecule has 13 heavy (non-hydrogen) atoms. The molecule has 0 aliphatic carbocycles. The minimum absolute atomic E-state index is 0.0344. The number of benzene rings is 1. The van der Waals surface area contributed by atoms with Crippen LogP contribution in [0.25, 0.3) is 0 Å². The third-order valence-electron chi connectivity index (χ3n) is 1.89. The number of likely N-dealkylation sites (N-methyl/N-ethyl adjacent to an activating group) is 1. The van der Waals surface area contributed by atoms with E-state index in [4.69, 9.17) is 16.7 Å². The van der Waals surface area contributed by atoms with Crippen LogP contribution < -0.4 is 5.32 Å². The van der Waals surface area contributed by atoms with Gasteiger partial charge in [-0.25, -0.2) is 0 Å². The quantitative estimate of drug-likeness (QED) is 0.878. The van der Waals surface area contributed by atoms with Gasteiger partial charge in [-0.05, 0) is 34.6 Å². The van der Waals surface area contributed by atoms with Crippen LogP contribution in [0.3, 0.4) is 0 Å². The van der Waals surface area contributed by atoms with Crippen molar-refractivity contribution in [2.24, 2.45) is 0 Å². The molecule has 0 amide bonds. The summed E-state index contributed by atoms with van der Waals surface area (Å²) in [5.74, 6) is 0. The van der Waals surface area contributed by atoms with Crippen molar-refractivity contribution in [3.63, 3.8) is 0 Å². The molecule has 0 bridgehead atoms. The summed E-state index contributed by atoms with van der Waals surface area (Å²) in [6.45, 7) is 0.0344. The molecule has 1 unspecified atom stereocenters. The van der Waals surface area contributed by atoms with Crippen LogP contribution in [0.2, 0.25) is 5.02 Å². The van der Waals surface area contributed by atoms with Gasteiger partial charge in [0.1, 0.15) is 0 Å². The van der Waals surface area contributed by atoms with Gasteiger partial charge in [0.25, 0.3) is 0 Å². The molecule has 72 valence electrons. The fourth-order valence-corrected chi connectivity index (χ4v) is 1.77. The molecule has 0 fully saturated rings. The van der Waals surface area contributed by atoms with Crippen molar-refractivity contribution in [2.45, 2.75) is 6.04 Å². The maximum Gasteiger partial charge on any atom is 0.0626 e. The third-order valence-corrected chi connectivity index (χ3v) is 3.20. The Kier molecular flexibility index (Phi) is 4.19. The van der Waals surface area contributed by atoms with Crippen LogP contribution in [-0.2, 0) is 0 Å². The Bertz CT molecular complexity index is 289. The second-order valence-electron chi connectivity index (χ2n) is 2.67.